The van der Waals surface area contributed by atoms with E-state index in [9.17, 15) is 14.0 Å². The molecule has 2 heterocycles. The summed E-state index contributed by atoms with van der Waals surface area (Å²) in [4.78, 5) is 28.1. The maximum Gasteiger partial charge on any atom is 0.233 e. The van der Waals surface area contributed by atoms with Gasteiger partial charge in [0.2, 0.25) is 11.8 Å². The molecule has 2 N–H and O–H groups in total. The number of rotatable bonds is 2. The second-order valence-corrected chi connectivity index (χ2v) is 5.32. The highest BCUT2D eigenvalue weighted by Gasteiger charge is 2.31. The number of hydrogen-bond donors (Lipinski definition) is 2. The van der Waals surface area contributed by atoms with Crippen molar-refractivity contribution >= 4 is 34.9 Å². The third-order valence-corrected chi connectivity index (χ3v) is 3.57. The number of fused-ring (bicyclic) bond motifs is 1. The summed E-state index contributed by atoms with van der Waals surface area (Å²) < 4.78 is 13.3. The summed E-state index contributed by atoms with van der Waals surface area (Å²) in [6, 6.07) is 7.13. The molecule has 22 heavy (non-hydrogen) atoms. The molecule has 0 saturated heterocycles. The Balaban J connectivity index is 1.86. The van der Waals surface area contributed by atoms with Gasteiger partial charge in [-0.1, -0.05) is 17.7 Å². The van der Waals surface area contributed by atoms with E-state index in [4.69, 9.17) is 11.6 Å². The van der Waals surface area contributed by atoms with Gasteiger partial charge in [-0.3, -0.25) is 9.59 Å². The maximum atomic E-state index is 13.3. The second-order valence-electron chi connectivity index (χ2n) is 4.89. The number of benzene rings is 1. The van der Waals surface area contributed by atoms with Gasteiger partial charge in [-0.2, -0.15) is 0 Å². The first-order chi connectivity index (χ1) is 10.5. The predicted octanol–water partition coefficient (Wildman–Crippen LogP) is 2.94. The normalized spacial score (nSPS) is 16.6. The van der Waals surface area contributed by atoms with E-state index in [-0.39, 0.29) is 18.2 Å². The molecule has 3 rings (SSSR count). The number of nitrogens with zero attached hydrogens (tertiary/aromatic N) is 1. The lowest BCUT2D eigenvalue weighted by Crippen LogP contribution is -2.31. The lowest BCUT2D eigenvalue weighted by molar-refractivity contribution is -0.123. The van der Waals surface area contributed by atoms with E-state index in [2.05, 4.69) is 15.6 Å². The number of halogens is 2. The standard InChI is InChI=1S/C15H11ClFN3O2/c16-8-1-4-13(18-7-8)20-15(22)11-6-14(21)19-12-5-9(17)2-3-10(11)12/h1-5,7,11H,6H2,(H,19,21)(H,18,20,22)/t11-/m0/s1. The average molecular weight is 320 g/mol. The molecule has 2 aromatic rings. The number of carbonyl (C=O) groups is 2. The second kappa shape index (κ2) is 5.73. The number of carbonyl (C=O) groups excluding carboxylic acids is 2. The zero-order valence-electron chi connectivity index (χ0n) is 11.3. The van der Waals surface area contributed by atoms with Crippen LogP contribution in [0.2, 0.25) is 5.02 Å². The van der Waals surface area contributed by atoms with Crippen LogP contribution in [0.15, 0.2) is 36.5 Å². The van der Waals surface area contributed by atoms with Crippen LogP contribution < -0.4 is 10.6 Å². The summed E-state index contributed by atoms with van der Waals surface area (Å²) in [6.07, 6.45) is 1.41. The van der Waals surface area contributed by atoms with Crippen LogP contribution in [0.5, 0.6) is 0 Å². The van der Waals surface area contributed by atoms with Gasteiger partial charge in [-0.05, 0) is 29.8 Å². The topological polar surface area (TPSA) is 71.1 Å². The zero-order chi connectivity index (χ0) is 15.7. The van der Waals surface area contributed by atoms with Crippen LogP contribution in [0, 0.1) is 5.82 Å². The van der Waals surface area contributed by atoms with Gasteiger partial charge in [-0.15, -0.1) is 0 Å². The smallest absolute Gasteiger partial charge is 0.233 e. The third kappa shape index (κ3) is 2.92. The highest BCUT2D eigenvalue weighted by Crippen LogP contribution is 2.33. The Hall–Kier alpha value is -2.47. The van der Waals surface area contributed by atoms with E-state index >= 15 is 0 Å². The van der Waals surface area contributed by atoms with Crippen LogP contribution in [-0.2, 0) is 9.59 Å². The van der Waals surface area contributed by atoms with E-state index in [0.29, 0.717) is 22.1 Å². The van der Waals surface area contributed by atoms with Gasteiger partial charge in [0, 0.05) is 18.3 Å². The van der Waals surface area contributed by atoms with Crippen molar-refractivity contribution in [1.29, 1.82) is 0 Å². The Bertz CT molecular complexity index is 749. The van der Waals surface area contributed by atoms with Gasteiger partial charge in [-0.25, -0.2) is 9.37 Å². The van der Waals surface area contributed by atoms with Gasteiger partial charge in [0.05, 0.1) is 10.9 Å². The van der Waals surface area contributed by atoms with E-state index in [0.717, 1.165) is 0 Å². The Morgan fingerprint density at radius 1 is 1.36 bits per heavy atom. The first-order valence-corrected chi connectivity index (χ1v) is 6.92. The molecule has 112 valence electrons. The van der Waals surface area contributed by atoms with E-state index < -0.39 is 11.7 Å². The van der Waals surface area contributed by atoms with Crippen molar-refractivity contribution in [2.24, 2.45) is 0 Å². The first-order valence-electron chi connectivity index (χ1n) is 6.54. The largest absolute Gasteiger partial charge is 0.326 e. The van der Waals surface area contributed by atoms with Crippen molar-refractivity contribution < 1.29 is 14.0 Å². The number of amides is 2. The van der Waals surface area contributed by atoms with Crippen LogP contribution in [0.3, 0.4) is 0 Å². The number of pyridine rings is 1. The molecule has 1 atom stereocenters. The SMILES string of the molecule is O=C1C[C@H](C(=O)Nc2ccc(Cl)cn2)c2ccc(F)cc2N1. The quantitative estimate of drug-likeness (QED) is 0.894. The Labute approximate surface area is 130 Å². The van der Waals surface area contributed by atoms with Crippen LogP contribution in [-0.4, -0.2) is 16.8 Å². The molecule has 0 radical (unpaired) electrons. The van der Waals surface area contributed by atoms with E-state index in [1.54, 1.807) is 12.1 Å². The lowest BCUT2D eigenvalue weighted by Gasteiger charge is -2.24. The molecule has 5 nitrogen and oxygen atoms in total. The first kappa shape index (κ1) is 14.5. The minimum Gasteiger partial charge on any atom is -0.326 e. The average Bonchev–Trinajstić information content (AvgIpc) is 2.48. The van der Waals surface area contributed by atoms with Gasteiger partial charge in [0.15, 0.2) is 0 Å². The molecule has 0 unspecified atom stereocenters. The molecular formula is C15H11ClFN3O2. The summed E-state index contributed by atoms with van der Waals surface area (Å²) in [7, 11) is 0. The van der Waals surface area contributed by atoms with Gasteiger partial charge in [0.1, 0.15) is 11.6 Å². The number of anilines is 2. The third-order valence-electron chi connectivity index (χ3n) is 3.35. The number of hydrogen-bond acceptors (Lipinski definition) is 3. The van der Waals surface area contributed by atoms with Crippen molar-refractivity contribution in [2.75, 3.05) is 10.6 Å². The predicted molar refractivity (Wildman–Crippen MR) is 80.3 cm³/mol. The van der Waals surface area contributed by atoms with Crippen molar-refractivity contribution in [2.45, 2.75) is 12.3 Å². The Kier molecular flexibility index (Phi) is 3.77. The van der Waals surface area contributed by atoms with Crippen LogP contribution >= 0.6 is 11.6 Å². The molecule has 0 spiro atoms. The minimum atomic E-state index is -0.693. The molecule has 0 aliphatic carbocycles. The number of nitrogens with one attached hydrogen (secondary N) is 2. The van der Waals surface area contributed by atoms with E-state index in [1.165, 1.54) is 24.4 Å². The summed E-state index contributed by atoms with van der Waals surface area (Å²) in [5.41, 5.74) is 0.896. The molecule has 1 aromatic carbocycles. The molecule has 7 heteroatoms. The maximum absolute atomic E-state index is 13.3. The van der Waals surface area contributed by atoms with Crippen LogP contribution in [0.25, 0.3) is 0 Å². The van der Waals surface area contributed by atoms with Crippen LogP contribution in [0.1, 0.15) is 17.9 Å². The molecule has 1 aliphatic heterocycles. The van der Waals surface area contributed by atoms with Gasteiger partial charge >= 0.3 is 0 Å². The molecule has 0 bridgehead atoms. The monoisotopic (exact) mass is 319 g/mol. The molecule has 0 fully saturated rings. The van der Waals surface area contributed by atoms with Crippen molar-refractivity contribution in [3.05, 3.63) is 52.9 Å². The zero-order valence-corrected chi connectivity index (χ0v) is 12.0. The fraction of sp³-hybridized carbons (Fsp3) is 0.133. The van der Waals surface area contributed by atoms with E-state index in [1.807, 2.05) is 0 Å². The van der Waals surface area contributed by atoms with Gasteiger partial charge in [0.25, 0.3) is 0 Å². The van der Waals surface area contributed by atoms with Crippen molar-refractivity contribution in [1.82, 2.24) is 4.98 Å². The highest BCUT2D eigenvalue weighted by atomic mass is 35.5. The fourth-order valence-electron chi connectivity index (χ4n) is 2.33. The minimum absolute atomic E-state index is 0.00193. The van der Waals surface area contributed by atoms with Crippen LogP contribution in [0.4, 0.5) is 15.9 Å². The highest BCUT2D eigenvalue weighted by molar-refractivity contribution is 6.30. The number of aromatic nitrogens is 1. The Morgan fingerprint density at radius 3 is 2.91 bits per heavy atom. The Morgan fingerprint density at radius 2 is 2.18 bits per heavy atom. The summed E-state index contributed by atoms with van der Waals surface area (Å²) >= 11 is 5.73. The molecule has 2 amide bonds. The summed E-state index contributed by atoms with van der Waals surface area (Å²) in [5, 5.41) is 5.65. The summed E-state index contributed by atoms with van der Waals surface area (Å²) in [5.74, 6) is -1.54. The lowest BCUT2D eigenvalue weighted by atomic mass is 9.89. The fourth-order valence-corrected chi connectivity index (χ4v) is 2.45. The molecule has 1 aliphatic rings. The summed E-state index contributed by atoms with van der Waals surface area (Å²) in [6.45, 7) is 0. The van der Waals surface area contributed by atoms with Crippen molar-refractivity contribution in [3.8, 4) is 0 Å². The van der Waals surface area contributed by atoms with Crippen molar-refractivity contribution in [3.63, 3.8) is 0 Å². The molecule has 0 saturated carbocycles. The molecule has 1 aromatic heterocycles. The van der Waals surface area contributed by atoms with Gasteiger partial charge < -0.3 is 10.6 Å². The molecular weight excluding hydrogens is 309 g/mol.